The SMILES string of the molecule is CC1CN(CC(=O)Nc2cccc(NS(C)(=O)=O)c2)CCN1C(=O)C[C@H](N)Cc1ccc(F)c(F)c1. The van der Waals surface area contributed by atoms with Crippen LogP contribution in [0.2, 0.25) is 0 Å². The molecule has 2 aromatic carbocycles. The second kappa shape index (κ2) is 11.8. The summed E-state index contributed by atoms with van der Waals surface area (Å²) in [4.78, 5) is 29.0. The lowest BCUT2D eigenvalue weighted by atomic mass is 10.0. The predicted molar refractivity (Wildman–Crippen MR) is 134 cm³/mol. The Kier molecular flexibility index (Phi) is 8.98. The number of carbonyl (C=O) groups excluding carboxylic acids is 2. The molecule has 0 aromatic heterocycles. The molecule has 0 saturated carbocycles. The molecule has 1 unspecified atom stereocenters. The standard InChI is InChI=1S/C24H31F2N5O4S/c1-16-14-30(15-23(32)28-19-4-3-5-20(13-19)29-36(2,34)35)8-9-31(16)24(33)12-18(27)10-17-6-7-21(25)22(26)11-17/h3-7,11,13,16,18,29H,8-10,12,14-15,27H2,1-2H3,(H,28,32)/t16?,18-/m1/s1. The number of amides is 2. The van der Waals surface area contributed by atoms with Crippen molar-refractivity contribution < 1.29 is 26.8 Å². The molecule has 36 heavy (non-hydrogen) atoms. The lowest BCUT2D eigenvalue weighted by molar-refractivity contribution is -0.136. The number of piperazine rings is 1. The summed E-state index contributed by atoms with van der Waals surface area (Å²) < 4.78 is 51.7. The number of nitrogens with one attached hydrogen (secondary N) is 2. The number of sulfonamides is 1. The summed E-state index contributed by atoms with van der Waals surface area (Å²) in [6.45, 7) is 3.43. The van der Waals surface area contributed by atoms with E-state index in [2.05, 4.69) is 10.0 Å². The van der Waals surface area contributed by atoms with Crippen LogP contribution in [0.25, 0.3) is 0 Å². The number of nitrogens with zero attached hydrogens (tertiary/aromatic N) is 2. The van der Waals surface area contributed by atoms with E-state index in [-0.39, 0.29) is 37.2 Å². The van der Waals surface area contributed by atoms with Crippen LogP contribution in [-0.4, -0.2) is 74.6 Å². The van der Waals surface area contributed by atoms with Crippen molar-refractivity contribution in [3.05, 3.63) is 59.7 Å². The van der Waals surface area contributed by atoms with E-state index in [1.807, 2.05) is 11.8 Å². The van der Waals surface area contributed by atoms with Gasteiger partial charge in [-0.1, -0.05) is 12.1 Å². The van der Waals surface area contributed by atoms with Crippen LogP contribution in [0.15, 0.2) is 42.5 Å². The lowest BCUT2D eigenvalue weighted by Gasteiger charge is -2.40. The Labute approximate surface area is 209 Å². The van der Waals surface area contributed by atoms with Gasteiger partial charge in [0, 0.05) is 43.8 Å². The molecule has 1 aliphatic heterocycles. The Balaban J connectivity index is 1.47. The van der Waals surface area contributed by atoms with Crippen LogP contribution in [0.1, 0.15) is 18.9 Å². The molecule has 2 amide bonds. The van der Waals surface area contributed by atoms with Gasteiger partial charge in [0.05, 0.1) is 18.5 Å². The maximum Gasteiger partial charge on any atom is 0.238 e. The summed E-state index contributed by atoms with van der Waals surface area (Å²) in [5.74, 6) is -2.26. The van der Waals surface area contributed by atoms with Crippen LogP contribution >= 0.6 is 0 Å². The quantitative estimate of drug-likeness (QED) is 0.460. The van der Waals surface area contributed by atoms with Crippen LogP contribution in [0.4, 0.5) is 20.2 Å². The molecular weight excluding hydrogens is 492 g/mol. The number of carbonyl (C=O) groups is 2. The van der Waals surface area contributed by atoms with Gasteiger partial charge in [0.2, 0.25) is 21.8 Å². The highest BCUT2D eigenvalue weighted by Crippen LogP contribution is 2.17. The molecule has 0 spiro atoms. The smallest absolute Gasteiger partial charge is 0.238 e. The largest absolute Gasteiger partial charge is 0.337 e. The molecule has 2 atom stereocenters. The summed E-state index contributed by atoms with van der Waals surface area (Å²) in [6, 6.07) is 9.31. The first-order valence-electron chi connectivity index (χ1n) is 11.5. The Bertz CT molecular complexity index is 1210. The normalized spacial score (nSPS) is 17.5. The maximum absolute atomic E-state index is 13.4. The van der Waals surface area contributed by atoms with Gasteiger partial charge in [-0.2, -0.15) is 0 Å². The molecule has 0 aliphatic carbocycles. The van der Waals surface area contributed by atoms with E-state index >= 15 is 0 Å². The number of nitrogens with two attached hydrogens (primary N) is 1. The fourth-order valence-corrected chi connectivity index (χ4v) is 4.76. The molecule has 2 aromatic rings. The van der Waals surface area contributed by atoms with E-state index in [0.29, 0.717) is 36.6 Å². The third-order valence-electron chi connectivity index (χ3n) is 5.77. The fraction of sp³-hybridized carbons (Fsp3) is 0.417. The van der Waals surface area contributed by atoms with E-state index in [0.717, 1.165) is 18.4 Å². The van der Waals surface area contributed by atoms with Crippen molar-refractivity contribution in [1.29, 1.82) is 0 Å². The first kappa shape index (κ1) is 27.5. The summed E-state index contributed by atoms with van der Waals surface area (Å²) in [5.41, 5.74) is 7.43. The Morgan fingerprint density at radius 1 is 1.11 bits per heavy atom. The lowest BCUT2D eigenvalue weighted by Crippen LogP contribution is -2.55. The Morgan fingerprint density at radius 3 is 2.50 bits per heavy atom. The highest BCUT2D eigenvalue weighted by Gasteiger charge is 2.29. The van der Waals surface area contributed by atoms with Gasteiger partial charge >= 0.3 is 0 Å². The minimum absolute atomic E-state index is 0.0711. The second-order valence-corrected chi connectivity index (χ2v) is 10.8. The average molecular weight is 524 g/mol. The van der Waals surface area contributed by atoms with Gasteiger partial charge in [0.25, 0.3) is 0 Å². The van der Waals surface area contributed by atoms with E-state index in [1.165, 1.54) is 12.1 Å². The third-order valence-corrected chi connectivity index (χ3v) is 6.37. The minimum atomic E-state index is -3.43. The van der Waals surface area contributed by atoms with E-state index < -0.39 is 27.7 Å². The van der Waals surface area contributed by atoms with Crippen LogP contribution in [0.3, 0.4) is 0 Å². The van der Waals surface area contributed by atoms with Crippen molar-refractivity contribution in [2.24, 2.45) is 5.73 Å². The van der Waals surface area contributed by atoms with Gasteiger partial charge in [-0.15, -0.1) is 0 Å². The first-order chi connectivity index (χ1) is 16.9. The van der Waals surface area contributed by atoms with Crippen LogP contribution in [0.5, 0.6) is 0 Å². The molecule has 0 bridgehead atoms. The summed E-state index contributed by atoms with van der Waals surface area (Å²) in [7, 11) is -3.43. The molecule has 4 N–H and O–H groups in total. The number of anilines is 2. The fourth-order valence-electron chi connectivity index (χ4n) is 4.21. The number of halogens is 2. The average Bonchev–Trinajstić information content (AvgIpc) is 2.75. The maximum atomic E-state index is 13.4. The molecule has 3 rings (SSSR count). The first-order valence-corrected chi connectivity index (χ1v) is 13.4. The monoisotopic (exact) mass is 523 g/mol. The molecule has 1 aliphatic rings. The van der Waals surface area contributed by atoms with Crippen LogP contribution < -0.4 is 15.8 Å². The molecule has 1 saturated heterocycles. The topological polar surface area (TPSA) is 125 Å². The zero-order valence-electron chi connectivity index (χ0n) is 20.2. The summed E-state index contributed by atoms with van der Waals surface area (Å²) in [6.07, 6.45) is 1.37. The summed E-state index contributed by atoms with van der Waals surface area (Å²) >= 11 is 0. The molecule has 12 heteroatoms. The number of hydrogen-bond donors (Lipinski definition) is 3. The van der Waals surface area contributed by atoms with E-state index in [9.17, 15) is 26.8 Å². The van der Waals surface area contributed by atoms with Gasteiger partial charge in [-0.3, -0.25) is 19.2 Å². The van der Waals surface area contributed by atoms with Crippen molar-refractivity contribution in [3.8, 4) is 0 Å². The van der Waals surface area contributed by atoms with Crippen molar-refractivity contribution in [3.63, 3.8) is 0 Å². The van der Waals surface area contributed by atoms with Crippen LogP contribution in [0, 0.1) is 11.6 Å². The second-order valence-electron chi connectivity index (χ2n) is 9.09. The number of hydrogen-bond acceptors (Lipinski definition) is 6. The minimum Gasteiger partial charge on any atom is -0.337 e. The van der Waals surface area contributed by atoms with Crippen molar-refractivity contribution in [2.45, 2.75) is 31.8 Å². The van der Waals surface area contributed by atoms with Gasteiger partial charge in [-0.05, 0) is 49.2 Å². The third kappa shape index (κ3) is 8.25. The molecule has 9 nitrogen and oxygen atoms in total. The molecule has 1 fully saturated rings. The van der Waals surface area contributed by atoms with Crippen molar-refractivity contribution in [1.82, 2.24) is 9.80 Å². The van der Waals surface area contributed by atoms with Crippen molar-refractivity contribution in [2.75, 3.05) is 42.5 Å². The van der Waals surface area contributed by atoms with Gasteiger partial charge in [0.1, 0.15) is 0 Å². The zero-order chi connectivity index (χ0) is 26.5. The van der Waals surface area contributed by atoms with Gasteiger partial charge < -0.3 is 16.0 Å². The number of benzene rings is 2. The summed E-state index contributed by atoms with van der Waals surface area (Å²) in [5, 5.41) is 2.76. The van der Waals surface area contributed by atoms with Crippen LogP contribution in [-0.2, 0) is 26.0 Å². The van der Waals surface area contributed by atoms with Crippen molar-refractivity contribution >= 4 is 33.2 Å². The molecule has 0 radical (unpaired) electrons. The molecule has 196 valence electrons. The highest BCUT2D eigenvalue weighted by molar-refractivity contribution is 7.92. The Morgan fingerprint density at radius 2 is 1.83 bits per heavy atom. The Hall–Kier alpha value is -3.09. The van der Waals surface area contributed by atoms with Gasteiger partial charge in [0.15, 0.2) is 11.6 Å². The zero-order valence-corrected chi connectivity index (χ0v) is 21.0. The van der Waals surface area contributed by atoms with E-state index in [1.54, 1.807) is 23.1 Å². The highest BCUT2D eigenvalue weighted by atomic mass is 32.2. The molecular formula is C24H31F2N5O4S. The number of rotatable bonds is 9. The predicted octanol–water partition coefficient (Wildman–Crippen LogP) is 1.77. The van der Waals surface area contributed by atoms with E-state index in [4.69, 9.17) is 5.73 Å². The molecule has 1 heterocycles. The van der Waals surface area contributed by atoms with Gasteiger partial charge in [-0.25, -0.2) is 17.2 Å².